The number of benzene rings is 1. The third kappa shape index (κ3) is 1.33. The molecule has 2 heteroatoms. The smallest absolute Gasteiger partial charge is 0.140 e. The van der Waals surface area contributed by atoms with E-state index in [4.69, 9.17) is 0 Å². The van der Waals surface area contributed by atoms with E-state index in [2.05, 4.69) is 69.0 Å². The molecule has 0 amide bonds. The van der Waals surface area contributed by atoms with Gasteiger partial charge in [-0.15, -0.1) is 0 Å². The van der Waals surface area contributed by atoms with Gasteiger partial charge in [-0.2, -0.15) is 0 Å². The summed E-state index contributed by atoms with van der Waals surface area (Å²) in [5, 5.41) is 1.37. The van der Waals surface area contributed by atoms with Crippen molar-refractivity contribution in [3.8, 4) is 0 Å². The maximum atomic E-state index is 2.52. The summed E-state index contributed by atoms with van der Waals surface area (Å²) in [4.78, 5) is 0. The van der Waals surface area contributed by atoms with Crippen LogP contribution in [-0.4, -0.2) is 35.2 Å². The van der Waals surface area contributed by atoms with E-state index < -0.39 is 0 Å². The first-order valence-corrected chi connectivity index (χ1v) is 7.56. The van der Waals surface area contributed by atoms with Gasteiger partial charge in [0, 0.05) is 28.6 Å². The quantitative estimate of drug-likeness (QED) is 0.644. The summed E-state index contributed by atoms with van der Waals surface area (Å²) in [7, 11) is 4.77. The highest BCUT2D eigenvalue weighted by Gasteiger charge is 2.50. The topological polar surface area (TPSA) is 4.93 Å². The molecule has 2 aliphatic heterocycles. The molecule has 0 radical (unpaired) electrons. The Bertz CT molecular complexity index is 735. The molecule has 1 unspecified atom stereocenters. The lowest BCUT2D eigenvalue weighted by Gasteiger charge is -2.53. The Morgan fingerprint density at radius 1 is 1.25 bits per heavy atom. The molecule has 2 atom stereocenters. The molecule has 0 bridgehead atoms. The number of hydrogen-bond acceptors (Lipinski definition) is 0. The largest absolute Gasteiger partial charge is 0.340 e. The van der Waals surface area contributed by atoms with E-state index >= 15 is 0 Å². The van der Waals surface area contributed by atoms with Gasteiger partial charge in [0.1, 0.15) is 5.54 Å². The van der Waals surface area contributed by atoms with E-state index in [0.717, 1.165) is 11.0 Å². The minimum Gasteiger partial charge on any atom is -0.340 e. The summed E-state index contributed by atoms with van der Waals surface area (Å²) < 4.78 is 3.52. The van der Waals surface area contributed by atoms with Crippen molar-refractivity contribution >= 4 is 16.5 Å². The summed E-state index contributed by atoms with van der Waals surface area (Å²) >= 11 is 0. The highest BCUT2D eigenvalue weighted by molar-refractivity contribution is 5.95. The number of para-hydroxylation sites is 1. The molecule has 2 aromatic rings. The van der Waals surface area contributed by atoms with Crippen LogP contribution < -0.4 is 0 Å². The van der Waals surface area contributed by atoms with Gasteiger partial charge in [0.2, 0.25) is 0 Å². The summed E-state index contributed by atoms with van der Waals surface area (Å²) in [5.41, 5.74) is 4.59. The molecule has 0 saturated heterocycles. The average Bonchev–Trinajstić information content (AvgIpc) is 2.76. The Balaban J connectivity index is 2.08. The SMILES string of the molecule is CC1C=C2c3cccc4ccn(c34)C[C@@]2(C)[N+](C)(C)C1. The van der Waals surface area contributed by atoms with Crippen LogP contribution in [0.3, 0.4) is 0 Å². The van der Waals surface area contributed by atoms with Crippen molar-refractivity contribution in [2.75, 3.05) is 20.6 Å². The Labute approximate surface area is 120 Å². The van der Waals surface area contributed by atoms with E-state index in [1.807, 2.05) is 0 Å². The zero-order valence-corrected chi connectivity index (χ0v) is 12.9. The van der Waals surface area contributed by atoms with Crippen LogP contribution in [0.1, 0.15) is 19.4 Å². The van der Waals surface area contributed by atoms with E-state index in [1.165, 1.54) is 23.0 Å². The molecule has 0 aliphatic carbocycles. The first-order chi connectivity index (χ1) is 9.42. The number of likely N-dealkylation sites (N-methyl/N-ethyl adjacent to an activating group) is 1. The van der Waals surface area contributed by atoms with Crippen molar-refractivity contribution < 1.29 is 4.48 Å². The fourth-order valence-corrected chi connectivity index (χ4v) is 4.36. The highest BCUT2D eigenvalue weighted by atomic mass is 15.4. The standard InChI is InChI=1S/C18H23N2/c1-13-10-16-15-7-5-6-14-8-9-19(17(14)15)12-18(16,2)20(3,4)11-13/h5-10,13H,11-12H2,1-4H3/q+1/t13?,18-/m1/s1. The number of quaternary nitrogens is 1. The first-order valence-electron chi connectivity index (χ1n) is 7.56. The number of nitrogens with zero attached hydrogens (tertiary/aromatic N) is 2. The van der Waals surface area contributed by atoms with Gasteiger partial charge in [-0.25, -0.2) is 0 Å². The molecule has 1 aromatic carbocycles. The van der Waals surface area contributed by atoms with Gasteiger partial charge in [0.05, 0.1) is 32.7 Å². The summed E-state index contributed by atoms with van der Waals surface area (Å²) in [5.74, 6) is 0.643. The van der Waals surface area contributed by atoms with Crippen LogP contribution in [-0.2, 0) is 6.54 Å². The fraction of sp³-hybridized carbons (Fsp3) is 0.444. The van der Waals surface area contributed by atoms with Crippen molar-refractivity contribution in [3.63, 3.8) is 0 Å². The van der Waals surface area contributed by atoms with Gasteiger partial charge in [-0.3, -0.25) is 0 Å². The van der Waals surface area contributed by atoms with Gasteiger partial charge in [0.25, 0.3) is 0 Å². The average molecular weight is 267 g/mol. The molecule has 2 nitrogen and oxygen atoms in total. The normalized spacial score (nSPS) is 31.0. The van der Waals surface area contributed by atoms with Crippen molar-refractivity contribution in [2.24, 2.45) is 5.92 Å². The molecule has 4 rings (SSSR count). The lowest BCUT2D eigenvalue weighted by atomic mass is 9.75. The molecule has 3 heterocycles. The Morgan fingerprint density at radius 3 is 2.85 bits per heavy atom. The predicted octanol–water partition coefficient (Wildman–Crippen LogP) is 3.52. The minimum atomic E-state index is 0.173. The maximum absolute atomic E-state index is 2.52. The second-order valence-electron chi connectivity index (χ2n) is 7.39. The van der Waals surface area contributed by atoms with Crippen LogP contribution in [0.25, 0.3) is 16.5 Å². The molecular formula is C18H23N2+. The van der Waals surface area contributed by atoms with Crippen molar-refractivity contribution in [3.05, 3.63) is 42.1 Å². The molecule has 0 fully saturated rings. The number of rotatable bonds is 0. The van der Waals surface area contributed by atoms with Crippen molar-refractivity contribution in [1.82, 2.24) is 4.57 Å². The number of aromatic nitrogens is 1. The zero-order valence-electron chi connectivity index (χ0n) is 12.9. The molecule has 0 saturated carbocycles. The van der Waals surface area contributed by atoms with Gasteiger partial charge in [-0.05, 0) is 13.0 Å². The van der Waals surface area contributed by atoms with Gasteiger partial charge in [-0.1, -0.05) is 31.2 Å². The lowest BCUT2D eigenvalue weighted by molar-refractivity contribution is -0.935. The fourth-order valence-electron chi connectivity index (χ4n) is 4.36. The molecule has 20 heavy (non-hydrogen) atoms. The van der Waals surface area contributed by atoms with Crippen LogP contribution in [0, 0.1) is 5.92 Å². The van der Waals surface area contributed by atoms with E-state index in [0.29, 0.717) is 5.92 Å². The first kappa shape index (κ1) is 12.2. The zero-order chi connectivity index (χ0) is 14.1. The lowest BCUT2D eigenvalue weighted by Crippen LogP contribution is -2.64. The highest BCUT2D eigenvalue weighted by Crippen LogP contribution is 2.47. The maximum Gasteiger partial charge on any atom is 0.140 e. The summed E-state index contributed by atoms with van der Waals surface area (Å²) in [6.07, 6.45) is 4.78. The van der Waals surface area contributed by atoms with Gasteiger partial charge < -0.3 is 9.05 Å². The van der Waals surface area contributed by atoms with Gasteiger partial charge >= 0.3 is 0 Å². The van der Waals surface area contributed by atoms with Crippen LogP contribution in [0.4, 0.5) is 0 Å². The Hall–Kier alpha value is -1.54. The van der Waals surface area contributed by atoms with Crippen LogP contribution in [0.15, 0.2) is 36.5 Å². The van der Waals surface area contributed by atoms with Crippen molar-refractivity contribution in [1.29, 1.82) is 0 Å². The minimum absolute atomic E-state index is 0.173. The Morgan fingerprint density at radius 2 is 2.05 bits per heavy atom. The molecular weight excluding hydrogens is 244 g/mol. The molecule has 0 spiro atoms. The monoisotopic (exact) mass is 267 g/mol. The number of fused-ring (bicyclic) bond motifs is 2. The van der Waals surface area contributed by atoms with Crippen LogP contribution in [0.2, 0.25) is 0 Å². The summed E-state index contributed by atoms with van der Waals surface area (Å²) in [6.45, 7) is 7.08. The van der Waals surface area contributed by atoms with Crippen LogP contribution >= 0.6 is 0 Å². The Kier molecular flexibility index (Phi) is 2.17. The molecule has 0 N–H and O–H groups in total. The molecule has 2 aliphatic rings. The predicted molar refractivity (Wildman–Crippen MR) is 84.5 cm³/mol. The van der Waals surface area contributed by atoms with E-state index in [9.17, 15) is 0 Å². The second-order valence-corrected chi connectivity index (χ2v) is 7.39. The third-order valence-corrected chi connectivity index (χ3v) is 5.67. The summed E-state index contributed by atoms with van der Waals surface area (Å²) in [6, 6.07) is 8.99. The second kappa shape index (κ2) is 3.56. The molecule has 1 aromatic heterocycles. The van der Waals surface area contributed by atoms with E-state index in [-0.39, 0.29) is 5.54 Å². The van der Waals surface area contributed by atoms with E-state index in [1.54, 1.807) is 5.57 Å². The van der Waals surface area contributed by atoms with Crippen LogP contribution in [0.5, 0.6) is 0 Å². The van der Waals surface area contributed by atoms with Gasteiger partial charge in [0.15, 0.2) is 0 Å². The number of hydrogen-bond donors (Lipinski definition) is 0. The third-order valence-electron chi connectivity index (χ3n) is 5.67. The molecule has 104 valence electrons. The van der Waals surface area contributed by atoms with Crippen molar-refractivity contribution in [2.45, 2.75) is 25.9 Å².